The third-order valence-electron chi connectivity index (χ3n) is 4.65. The molecule has 0 bridgehead atoms. The lowest BCUT2D eigenvalue weighted by atomic mass is 10.0. The van der Waals surface area contributed by atoms with E-state index in [1.54, 1.807) is 0 Å². The summed E-state index contributed by atoms with van der Waals surface area (Å²) in [5.74, 6) is -0.528. The molecule has 1 unspecified atom stereocenters. The molecule has 1 atom stereocenters. The molecule has 1 fully saturated rings. The van der Waals surface area contributed by atoms with Crippen LogP contribution >= 0.6 is 11.6 Å². The van der Waals surface area contributed by atoms with Gasteiger partial charge in [0.2, 0.25) is 0 Å². The van der Waals surface area contributed by atoms with Crippen molar-refractivity contribution < 1.29 is 9.18 Å². The maximum Gasteiger partial charge on any atom is 0.251 e. The molecule has 3 nitrogen and oxygen atoms in total. The van der Waals surface area contributed by atoms with Crippen molar-refractivity contribution in [2.24, 2.45) is 0 Å². The zero-order valence-electron chi connectivity index (χ0n) is 14.1. The Balaban J connectivity index is 1.71. The predicted molar refractivity (Wildman–Crippen MR) is 98.4 cm³/mol. The smallest absolute Gasteiger partial charge is 0.251 e. The Bertz CT molecular complexity index is 697. The van der Waals surface area contributed by atoms with Crippen LogP contribution in [0.4, 0.5) is 4.39 Å². The first-order valence-electron chi connectivity index (χ1n) is 8.67. The summed E-state index contributed by atoms with van der Waals surface area (Å²) in [6.45, 7) is 2.57. The number of halogens is 2. The van der Waals surface area contributed by atoms with Crippen LogP contribution in [0.15, 0.2) is 48.5 Å². The van der Waals surface area contributed by atoms with E-state index in [0.717, 1.165) is 18.7 Å². The Labute approximate surface area is 152 Å². The lowest BCUT2D eigenvalue weighted by Gasteiger charge is -2.35. The molecule has 5 heteroatoms. The second-order valence-corrected chi connectivity index (χ2v) is 6.82. The summed E-state index contributed by atoms with van der Waals surface area (Å²) in [4.78, 5) is 14.8. The van der Waals surface area contributed by atoms with E-state index >= 15 is 0 Å². The third-order valence-corrected chi connectivity index (χ3v) is 4.90. The lowest BCUT2D eigenvalue weighted by Crippen LogP contribution is -2.40. The minimum Gasteiger partial charge on any atom is -0.350 e. The van der Waals surface area contributed by atoms with Crippen LogP contribution in [0.25, 0.3) is 0 Å². The highest BCUT2D eigenvalue weighted by molar-refractivity contribution is 6.30. The minimum atomic E-state index is -0.344. The van der Waals surface area contributed by atoms with Crippen LogP contribution in [-0.4, -0.2) is 30.4 Å². The highest BCUT2D eigenvalue weighted by Crippen LogP contribution is 2.25. The van der Waals surface area contributed by atoms with Gasteiger partial charge in [-0.05, 0) is 67.9 Å². The molecule has 1 aliphatic rings. The van der Waals surface area contributed by atoms with Crippen molar-refractivity contribution in [1.29, 1.82) is 0 Å². The van der Waals surface area contributed by atoms with E-state index in [0.29, 0.717) is 17.1 Å². The molecular formula is C20H22ClFN2O. The van der Waals surface area contributed by atoms with Crippen molar-refractivity contribution in [1.82, 2.24) is 10.2 Å². The van der Waals surface area contributed by atoms with E-state index in [1.807, 2.05) is 24.3 Å². The van der Waals surface area contributed by atoms with Gasteiger partial charge in [-0.1, -0.05) is 30.2 Å². The molecule has 1 saturated heterocycles. The number of nitrogens with one attached hydrogen (secondary N) is 1. The van der Waals surface area contributed by atoms with E-state index in [2.05, 4.69) is 10.2 Å². The van der Waals surface area contributed by atoms with Gasteiger partial charge in [0.25, 0.3) is 5.91 Å². The normalized spacial score (nSPS) is 16.4. The zero-order chi connectivity index (χ0) is 17.6. The van der Waals surface area contributed by atoms with Crippen molar-refractivity contribution in [3.05, 3.63) is 70.5 Å². The maximum absolute atomic E-state index is 13.0. The van der Waals surface area contributed by atoms with Crippen LogP contribution in [0.1, 0.15) is 41.2 Å². The number of benzene rings is 2. The van der Waals surface area contributed by atoms with Gasteiger partial charge in [0.15, 0.2) is 0 Å². The van der Waals surface area contributed by atoms with Gasteiger partial charge in [0.05, 0.1) is 6.04 Å². The molecule has 0 spiro atoms. The Hall–Kier alpha value is -1.91. The molecule has 132 valence electrons. The summed E-state index contributed by atoms with van der Waals surface area (Å²) in [6.07, 6.45) is 3.61. The van der Waals surface area contributed by atoms with Crippen LogP contribution in [-0.2, 0) is 0 Å². The SMILES string of the molecule is O=C(NCC(c1ccc(Cl)cc1)N1CCCCC1)c1ccc(F)cc1. The summed E-state index contributed by atoms with van der Waals surface area (Å²) in [7, 11) is 0. The summed E-state index contributed by atoms with van der Waals surface area (Å²) in [5, 5.41) is 3.70. The fourth-order valence-electron chi connectivity index (χ4n) is 3.27. The van der Waals surface area contributed by atoms with E-state index in [9.17, 15) is 9.18 Å². The molecule has 0 saturated carbocycles. The van der Waals surface area contributed by atoms with E-state index in [4.69, 9.17) is 11.6 Å². The van der Waals surface area contributed by atoms with Crippen LogP contribution in [0.2, 0.25) is 5.02 Å². The van der Waals surface area contributed by atoms with Gasteiger partial charge in [0, 0.05) is 17.1 Å². The number of rotatable bonds is 5. The van der Waals surface area contributed by atoms with E-state index < -0.39 is 0 Å². The molecule has 2 aromatic carbocycles. The van der Waals surface area contributed by atoms with Gasteiger partial charge in [-0.3, -0.25) is 9.69 Å². The number of amides is 1. The van der Waals surface area contributed by atoms with E-state index in [1.165, 1.54) is 43.5 Å². The number of likely N-dealkylation sites (tertiary alicyclic amines) is 1. The Kier molecular flexibility index (Phi) is 6.05. The first-order chi connectivity index (χ1) is 12.1. The molecule has 3 rings (SSSR count). The number of hydrogen-bond acceptors (Lipinski definition) is 2. The largest absolute Gasteiger partial charge is 0.350 e. The topological polar surface area (TPSA) is 32.3 Å². The van der Waals surface area contributed by atoms with E-state index in [-0.39, 0.29) is 17.8 Å². The summed E-state index contributed by atoms with van der Waals surface area (Å²) >= 11 is 6.01. The first-order valence-corrected chi connectivity index (χ1v) is 9.04. The Morgan fingerprint density at radius 3 is 2.32 bits per heavy atom. The molecular weight excluding hydrogens is 339 g/mol. The average molecular weight is 361 g/mol. The fourth-order valence-corrected chi connectivity index (χ4v) is 3.39. The quantitative estimate of drug-likeness (QED) is 0.855. The monoisotopic (exact) mass is 360 g/mol. The van der Waals surface area contributed by atoms with Crippen molar-refractivity contribution >= 4 is 17.5 Å². The van der Waals surface area contributed by atoms with Crippen LogP contribution in [0.5, 0.6) is 0 Å². The summed E-state index contributed by atoms with van der Waals surface area (Å²) in [5.41, 5.74) is 1.61. The molecule has 1 aliphatic heterocycles. The molecule has 25 heavy (non-hydrogen) atoms. The molecule has 2 aromatic rings. The van der Waals surface area contributed by atoms with Crippen molar-refractivity contribution in [2.45, 2.75) is 25.3 Å². The summed E-state index contributed by atoms with van der Waals surface area (Å²) < 4.78 is 13.0. The van der Waals surface area contributed by atoms with Crippen LogP contribution < -0.4 is 5.32 Å². The molecule has 0 radical (unpaired) electrons. The Morgan fingerprint density at radius 1 is 1.04 bits per heavy atom. The standard InChI is InChI=1S/C20H22ClFN2O/c21-17-8-4-15(5-9-17)19(24-12-2-1-3-13-24)14-23-20(25)16-6-10-18(22)11-7-16/h4-11,19H,1-3,12-14H2,(H,23,25). The van der Waals surface area contributed by atoms with Crippen molar-refractivity contribution in [3.63, 3.8) is 0 Å². The molecule has 0 aromatic heterocycles. The maximum atomic E-state index is 13.0. The molecule has 0 aliphatic carbocycles. The second-order valence-electron chi connectivity index (χ2n) is 6.38. The molecule has 1 amide bonds. The molecule has 1 heterocycles. The van der Waals surface area contributed by atoms with Crippen molar-refractivity contribution in [2.75, 3.05) is 19.6 Å². The first kappa shape index (κ1) is 17.9. The minimum absolute atomic E-state index is 0.113. The Morgan fingerprint density at radius 2 is 1.68 bits per heavy atom. The number of hydrogen-bond donors (Lipinski definition) is 1. The lowest BCUT2D eigenvalue weighted by molar-refractivity contribution is 0.0924. The highest BCUT2D eigenvalue weighted by atomic mass is 35.5. The predicted octanol–water partition coefficient (Wildman–Crippen LogP) is 4.44. The van der Waals surface area contributed by atoms with Gasteiger partial charge in [-0.2, -0.15) is 0 Å². The zero-order valence-corrected chi connectivity index (χ0v) is 14.8. The third kappa shape index (κ3) is 4.80. The van der Waals surface area contributed by atoms with Crippen LogP contribution in [0.3, 0.4) is 0 Å². The molecule has 1 N–H and O–H groups in total. The number of piperidine rings is 1. The number of carbonyl (C=O) groups is 1. The highest BCUT2D eigenvalue weighted by Gasteiger charge is 2.23. The van der Waals surface area contributed by atoms with Crippen molar-refractivity contribution in [3.8, 4) is 0 Å². The summed E-state index contributed by atoms with van der Waals surface area (Å²) in [6, 6.07) is 13.5. The van der Waals surface area contributed by atoms with Gasteiger partial charge in [-0.25, -0.2) is 4.39 Å². The number of nitrogens with zero attached hydrogens (tertiary/aromatic N) is 1. The van der Waals surface area contributed by atoms with Gasteiger partial charge in [-0.15, -0.1) is 0 Å². The second kappa shape index (κ2) is 8.45. The fraction of sp³-hybridized carbons (Fsp3) is 0.350. The number of carbonyl (C=O) groups excluding carboxylic acids is 1. The van der Waals surface area contributed by atoms with Gasteiger partial charge < -0.3 is 5.32 Å². The van der Waals surface area contributed by atoms with Gasteiger partial charge in [0.1, 0.15) is 5.82 Å². The average Bonchev–Trinajstić information content (AvgIpc) is 2.64. The van der Waals surface area contributed by atoms with Gasteiger partial charge >= 0.3 is 0 Å². The van der Waals surface area contributed by atoms with Crippen LogP contribution in [0, 0.1) is 5.82 Å².